The number of nitrogens with zero attached hydrogens (tertiary/aromatic N) is 1. The van der Waals surface area contributed by atoms with Crippen LogP contribution < -0.4 is 10.2 Å². The number of hydrogen-bond acceptors (Lipinski definition) is 4. The molecule has 1 aliphatic heterocycles. The van der Waals surface area contributed by atoms with E-state index in [1.807, 2.05) is 49.4 Å². The molecule has 6 heteroatoms. The van der Waals surface area contributed by atoms with E-state index in [1.165, 1.54) is 18.7 Å². The smallest absolute Gasteiger partial charge is 0.270 e. The lowest BCUT2D eigenvalue weighted by Crippen LogP contribution is -2.28. The van der Waals surface area contributed by atoms with Crippen LogP contribution in [0.1, 0.15) is 18.1 Å². The average molecular weight is 368 g/mol. The SMILES string of the molecule is CC(=O)Nc1ccc(/C=C2\SC(=S)N(c3ccccc3C)C2=O)cc1. The minimum absolute atomic E-state index is 0.116. The molecule has 4 nitrogen and oxygen atoms in total. The number of carbonyl (C=O) groups excluding carboxylic acids is 2. The summed E-state index contributed by atoms with van der Waals surface area (Å²) >= 11 is 6.69. The maximum atomic E-state index is 12.8. The molecular weight excluding hydrogens is 352 g/mol. The van der Waals surface area contributed by atoms with Crippen molar-refractivity contribution in [1.29, 1.82) is 0 Å². The number of hydrogen-bond donors (Lipinski definition) is 1. The van der Waals surface area contributed by atoms with Crippen molar-refractivity contribution in [1.82, 2.24) is 0 Å². The minimum atomic E-state index is -0.119. The lowest BCUT2D eigenvalue weighted by molar-refractivity contribution is -0.114. The second-order valence-corrected chi connectivity index (χ2v) is 7.28. The number of thiocarbonyl (C=S) groups is 1. The molecule has 2 aromatic carbocycles. The van der Waals surface area contributed by atoms with Crippen LogP contribution in [-0.4, -0.2) is 16.1 Å². The highest BCUT2D eigenvalue weighted by atomic mass is 32.2. The number of amides is 2. The fraction of sp³-hybridized carbons (Fsp3) is 0.105. The Kier molecular flexibility index (Phi) is 5.01. The van der Waals surface area contributed by atoms with E-state index in [4.69, 9.17) is 12.2 Å². The molecule has 0 aliphatic carbocycles. The molecule has 0 unspecified atom stereocenters. The molecule has 0 aromatic heterocycles. The van der Waals surface area contributed by atoms with Crippen LogP contribution in [0.2, 0.25) is 0 Å². The Morgan fingerprint density at radius 3 is 2.48 bits per heavy atom. The Labute approximate surface area is 155 Å². The Hall–Kier alpha value is -2.44. The van der Waals surface area contributed by atoms with E-state index in [0.29, 0.717) is 9.23 Å². The van der Waals surface area contributed by atoms with E-state index in [2.05, 4.69) is 5.32 Å². The van der Waals surface area contributed by atoms with Crippen LogP contribution in [0, 0.1) is 6.92 Å². The summed E-state index contributed by atoms with van der Waals surface area (Å²) in [6.07, 6.45) is 1.81. The van der Waals surface area contributed by atoms with Crippen LogP contribution in [0.5, 0.6) is 0 Å². The largest absolute Gasteiger partial charge is 0.326 e. The highest BCUT2D eigenvalue weighted by Crippen LogP contribution is 2.37. The molecular formula is C19H16N2O2S2. The standard InChI is InChI=1S/C19H16N2O2S2/c1-12-5-3-4-6-16(12)21-18(23)17(25-19(21)24)11-14-7-9-15(10-8-14)20-13(2)22/h3-11H,1-2H3,(H,20,22)/b17-11-. The van der Waals surface area contributed by atoms with E-state index in [0.717, 1.165) is 22.5 Å². The number of thioether (sulfide) groups is 1. The Morgan fingerprint density at radius 1 is 1.16 bits per heavy atom. The van der Waals surface area contributed by atoms with Gasteiger partial charge in [-0.25, -0.2) is 0 Å². The van der Waals surface area contributed by atoms with Crippen LogP contribution in [0.25, 0.3) is 6.08 Å². The summed E-state index contributed by atoms with van der Waals surface area (Å²) in [4.78, 5) is 26.0. The molecule has 0 radical (unpaired) electrons. The maximum Gasteiger partial charge on any atom is 0.270 e. The number of carbonyl (C=O) groups is 2. The summed E-state index contributed by atoms with van der Waals surface area (Å²) in [6, 6.07) is 15.0. The molecule has 1 heterocycles. The molecule has 126 valence electrons. The maximum absolute atomic E-state index is 12.8. The molecule has 3 rings (SSSR count). The first kappa shape index (κ1) is 17.4. The van der Waals surface area contributed by atoms with E-state index in [-0.39, 0.29) is 11.8 Å². The van der Waals surface area contributed by atoms with Gasteiger partial charge in [-0.2, -0.15) is 0 Å². The van der Waals surface area contributed by atoms with E-state index < -0.39 is 0 Å². The molecule has 0 saturated carbocycles. The summed E-state index contributed by atoms with van der Waals surface area (Å²) in [5.41, 5.74) is 3.41. The quantitative estimate of drug-likeness (QED) is 0.646. The van der Waals surface area contributed by atoms with Crippen molar-refractivity contribution in [2.24, 2.45) is 0 Å². The van der Waals surface area contributed by atoms with Gasteiger partial charge in [0, 0.05) is 12.6 Å². The van der Waals surface area contributed by atoms with Gasteiger partial charge in [-0.3, -0.25) is 14.5 Å². The molecule has 2 aromatic rings. The highest BCUT2D eigenvalue weighted by molar-refractivity contribution is 8.27. The monoisotopic (exact) mass is 368 g/mol. The molecule has 1 fully saturated rings. The van der Waals surface area contributed by atoms with Gasteiger partial charge in [-0.05, 0) is 42.3 Å². The second kappa shape index (κ2) is 7.21. The van der Waals surface area contributed by atoms with Gasteiger partial charge >= 0.3 is 0 Å². The van der Waals surface area contributed by atoms with Crippen molar-refractivity contribution in [3.05, 3.63) is 64.6 Å². The molecule has 0 bridgehead atoms. The third kappa shape index (κ3) is 3.81. The third-order valence-electron chi connectivity index (χ3n) is 3.68. The zero-order valence-corrected chi connectivity index (χ0v) is 15.4. The minimum Gasteiger partial charge on any atom is -0.326 e. The van der Waals surface area contributed by atoms with Gasteiger partial charge in [-0.15, -0.1) is 0 Å². The number of anilines is 2. The lowest BCUT2D eigenvalue weighted by atomic mass is 10.1. The number of benzene rings is 2. The molecule has 1 saturated heterocycles. The summed E-state index contributed by atoms with van der Waals surface area (Å²) in [5.74, 6) is -0.234. The van der Waals surface area contributed by atoms with Crippen molar-refractivity contribution >= 4 is 57.6 Å². The molecule has 1 N–H and O–H groups in total. The summed E-state index contributed by atoms with van der Waals surface area (Å²) < 4.78 is 0.528. The van der Waals surface area contributed by atoms with E-state index in [9.17, 15) is 9.59 Å². The van der Waals surface area contributed by atoms with Crippen LogP contribution in [0.3, 0.4) is 0 Å². The fourth-order valence-electron chi connectivity index (χ4n) is 2.51. The van der Waals surface area contributed by atoms with E-state index in [1.54, 1.807) is 17.0 Å². The number of rotatable bonds is 3. The van der Waals surface area contributed by atoms with Gasteiger partial charge < -0.3 is 5.32 Å². The molecule has 0 atom stereocenters. The Balaban J connectivity index is 1.85. The van der Waals surface area contributed by atoms with Crippen molar-refractivity contribution in [2.45, 2.75) is 13.8 Å². The normalized spacial score (nSPS) is 15.8. The molecule has 25 heavy (non-hydrogen) atoms. The van der Waals surface area contributed by atoms with Crippen LogP contribution in [0.4, 0.5) is 11.4 Å². The van der Waals surface area contributed by atoms with Crippen molar-refractivity contribution in [3.63, 3.8) is 0 Å². The van der Waals surface area contributed by atoms with Crippen LogP contribution >= 0.6 is 24.0 Å². The van der Waals surface area contributed by atoms with Gasteiger partial charge in [0.25, 0.3) is 5.91 Å². The number of para-hydroxylation sites is 1. The van der Waals surface area contributed by atoms with Gasteiger partial charge in [0.05, 0.1) is 10.6 Å². The summed E-state index contributed by atoms with van der Waals surface area (Å²) in [5, 5.41) is 2.72. The highest BCUT2D eigenvalue weighted by Gasteiger charge is 2.33. The molecule has 0 spiro atoms. The molecule has 1 aliphatic rings. The first-order valence-corrected chi connectivity index (χ1v) is 8.89. The van der Waals surface area contributed by atoms with Crippen LogP contribution in [-0.2, 0) is 9.59 Å². The van der Waals surface area contributed by atoms with Gasteiger partial charge in [-0.1, -0.05) is 54.3 Å². The number of aryl methyl sites for hydroxylation is 1. The Bertz CT molecular complexity index is 889. The van der Waals surface area contributed by atoms with Crippen molar-refractivity contribution < 1.29 is 9.59 Å². The van der Waals surface area contributed by atoms with Gasteiger partial charge in [0.2, 0.25) is 5.91 Å². The van der Waals surface area contributed by atoms with Crippen molar-refractivity contribution in [2.75, 3.05) is 10.2 Å². The number of nitrogens with one attached hydrogen (secondary N) is 1. The lowest BCUT2D eigenvalue weighted by Gasteiger charge is -2.16. The Morgan fingerprint density at radius 2 is 1.84 bits per heavy atom. The second-order valence-electron chi connectivity index (χ2n) is 5.61. The third-order valence-corrected chi connectivity index (χ3v) is 4.98. The summed E-state index contributed by atoms with van der Waals surface area (Å²) in [7, 11) is 0. The fourth-order valence-corrected chi connectivity index (χ4v) is 3.79. The van der Waals surface area contributed by atoms with Crippen LogP contribution in [0.15, 0.2) is 53.4 Å². The topological polar surface area (TPSA) is 49.4 Å². The van der Waals surface area contributed by atoms with Gasteiger partial charge in [0.15, 0.2) is 4.32 Å². The predicted molar refractivity (Wildman–Crippen MR) is 108 cm³/mol. The zero-order chi connectivity index (χ0) is 18.0. The van der Waals surface area contributed by atoms with E-state index >= 15 is 0 Å². The first-order chi connectivity index (χ1) is 12.0. The predicted octanol–water partition coefficient (Wildman–Crippen LogP) is 4.36. The van der Waals surface area contributed by atoms with Gasteiger partial charge in [0.1, 0.15) is 0 Å². The van der Waals surface area contributed by atoms with Crippen molar-refractivity contribution in [3.8, 4) is 0 Å². The average Bonchev–Trinajstić information content (AvgIpc) is 2.83. The molecule has 2 amide bonds. The first-order valence-electron chi connectivity index (χ1n) is 7.67. The zero-order valence-electron chi connectivity index (χ0n) is 13.8. The summed E-state index contributed by atoms with van der Waals surface area (Å²) in [6.45, 7) is 3.42.